The summed E-state index contributed by atoms with van der Waals surface area (Å²) in [6, 6.07) is 5.94. The van der Waals surface area contributed by atoms with Crippen LogP contribution < -0.4 is 0 Å². The van der Waals surface area contributed by atoms with Crippen molar-refractivity contribution in [2.24, 2.45) is 0 Å². The minimum Gasteiger partial charge on any atom is -0.476 e. The molecule has 0 saturated heterocycles. The van der Waals surface area contributed by atoms with Crippen LogP contribution in [0.3, 0.4) is 0 Å². The Bertz CT molecular complexity index is 638. The molecule has 0 aliphatic rings. The molecule has 0 fully saturated rings. The van der Waals surface area contributed by atoms with Gasteiger partial charge in [0.15, 0.2) is 5.69 Å². The molecule has 1 aromatic heterocycles. The highest BCUT2D eigenvalue weighted by atomic mass is 127. The van der Waals surface area contributed by atoms with Gasteiger partial charge in [0.05, 0.1) is 15.0 Å². The third-order valence-electron chi connectivity index (χ3n) is 2.66. The summed E-state index contributed by atoms with van der Waals surface area (Å²) in [6.45, 7) is 3.89. The number of aromatic carboxylic acids is 1. The Labute approximate surface area is 123 Å². The van der Waals surface area contributed by atoms with Gasteiger partial charge in [-0.3, -0.25) is 0 Å². The summed E-state index contributed by atoms with van der Waals surface area (Å²) >= 11 is 1.97. The topological polar surface area (TPSA) is 55.1 Å². The Morgan fingerprint density at radius 2 is 2.16 bits per heavy atom. The Hall–Kier alpha value is -1.44. The lowest BCUT2D eigenvalue weighted by Gasteiger charge is -2.10. The van der Waals surface area contributed by atoms with Crippen molar-refractivity contribution in [3.8, 4) is 5.69 Å². The van der Waals surface area contributed by atoms with Crippen LogP contribution >= 0.6 is 22.6 Å². The zero-order valence-corrected chi connectivity index (χ0v) is 12.6. The Morgan fingerprint density at radius 3 is 2.68 bits per heavy atom. The highest BCUT2D eigenvalue weighted by molar-refractivity contribution is 14.1. The van der Waals surface area contributed by atoms with Gasteiger partial charge in [0.25, 0.3) is 0 Å². The molecule has 1 heterocycles. The van der Waals surface area contributed by atoms with Crippen molar-refractivity contribution in [3.63, 3.8) is 0 Å². The van der Waals surface area contributed by atoms with E-state index < -0.39 is 5.97 Å². The lowest BCUT2D eigenvalue weighted by atomic mass is 10.1. The van der Waals surface area contributed by atoms with Crippen molar-refractivity contribution >= 4 is 28.6 Å². The molecular weight excluding hydrogens is 362 g/mol. The smallest absolute Gasteiger partial charge is 0.357 e. The molecule has 0 spiro atoms. The fourth-order valence-corrected chi connectivity index (χ4v) is 3.04. The van der Waals surface area contributed by atoms with Crippen LogP contribution in [0.15, 0.2) is 24.3 Å². The van der Waals surface area contributed by atoms with E-state index in [1.165, 1.54) is 16.8 Å². The molecule has 1 aromatic carbocycles. The lowest BCUT2D eigenvalue weighted by Crippen LogP contribution is -2.05. The largest absolute Gasteiger partial charge is 0.476 e. The Kier molecular flexibility index (Phi) is 3.88. The van der Waals surface area contributed by atoms with Crippen LogP contribution in [0.25, 0.3) is 5.69 Å². The lowest BCUT2D eigenvalue weighted by molar-refractivity contribution is 0.0689. The van der Waals surface area contributed by atoms with Crippen LogP contribution in [-0.2, 0) is 0 Å². The van der Waals surface area contributed by atoms with Crippen LogP contribution in [0.2, 0.25) is 0 Å². The summed E-state index contributed by atoms with van der Waals surface area (Å²) in [5.41, 5.74) is 1.28. The van der Waals surface area contributed by atoms with Crippen LogP contribution in [0.4, 0.5) is 4.39 Å². The van der Waals surface area contributed by atoms with Gasteiger partial charge < -0.3 is 5.11 Å². The molecule has 0 aliphatic heterocycles. The van der Waals surface area contributed by atoms with Crippen molar-refractivity contribution in [1.29, 1.82) is 0 Å². The quantitative estimate of drug-likeness (QED) is 0.838. The van der Waals surface area contributed by atoms with E-state index >= 15 is 0 Å². The molecule has 0 saturated carbocycles. The summed E-state index contributed by atoms with van der Waals surface area (Å²) in [5, 5.41) is 13.2. The van der Waals surface area contributed by atoms with Crippen LogP contribution in [0.5, 0.6) is 0 Å². The molecule has 4 nitrogen and oxygen atoms in total. The Balaban J connectivity index is 2.69. The van der Waals surface area contributed by atoms with Gasteiger partial charge >= 0.3 is 5.97 Å². The van der Waals surface area contributed by atoms with Crippen LogP contribution in [-0.4, -0.2) is 20.9 Å². The van der Waals surface area contributed by atoms with E-state index in [0.717, 1.165) is 5.69 Å². The molecular formula is C13H12FIN2O2. The average Bonchev–Trinajstić information content (AvgIpc) is 2.67. The fourth-order valence-electron chi connectivity index (χ4n) is 1.85. The predicted octanol–water partition coefficient (Wildman–Crippen LogP) is 3.44. The monoisotopic (exact) mass is 374 g/mol. The minimum atomic E-state index is -1.08. The molecule has 0 unspecified atom stereocenters. The number of nitrogens with zero attached hydrogens (tertiary/aromatic N) is 2. The van der Waals surface area contributed by atoms with E-state index in [4.69, 9.17) is 5.11 Å². The van der Waals surface area contributed by atoms with E-state index in [1.807, 2.05) is 36.4 Å². The van der Waals surface area contributed by atoms with E-state index in [0.29, 0.717) is 9.26 Å². The molecule has 2 aromatic rings. The van der Waals surface area contributed by atoms with Gasteiger partial charge in [-0.15, -0.1) is 0 Å². The predicted molar refractivity (Wildman–Crippen MR) is 77.3 cm³/mol. The third-order valence-corrected chi connectivity index (χ3v) is 3.73. The van der Waals surface area contributed by atoms with Gasteiger partial charge in [0.2, 0.25) is 0 Å². The second kappa shape index (κ2) is 5.28. The van der Waals surface area contributed by atoms with Crippen LogP contribution in [0, 0.1) is 9.39 Å². The Morgan fingerprint density at radius 1 is 1.47 bits per heavy atom. The molecule has 1 N–H and O–H groups in total. The first kappa shape index (κ1) is 14.0. The first-order valence-electron chi connectivity index (χ1n) is 5.69. The average molecular weight is 374 g/mol. The second-order valence-electron chi connectivity index (χ2n) is 4.40. The molecule has 0 radical (unpaired) electrons. The maximum absolute atomic E-state index is 13.3. The third kappa shape index (κ3) is 2.63. The number of hydrogen-bond donors (Lipinski definition) is 1. The van der Waals surface area contributed by atoms with Crippen molar-refractivity contribution in [3.05, 3.63) is 45.0 Å². The number of carbonyl (C=O) groups is 1. The first-order chi connectivity index (χ1) is 8.91. The highest BCUT2D eigenvalue weighted by Gasteiger charge is 2.23. The highest BCUT2D eigenvalue weighted by Crippen LogP contribution is 2.27. The van der Waals surface area contributed by atoms with Gasteiger partial charge in [-0.05, 0) is 46.7 Å². The van der Waals surface area contributed by atoms with Gasteiger partial charge in [0, 0.05) is 0 Å². The molecule has 6 heteroatoms. The standard InChI is InChI=1S/C13H12FIN2O2/c1-7(2)12-10(15)11(13(18)19)16-17(12)9-5-3-4-8(14)6-9/h3-7H,1-2H3,(H,18,19). The minimum absolute atomic E-state index is 0.00596. The molecule has 0 amide bonds. The second-order valence-corrected chi connectivity index (χ2v) is 5.48. The summed E-state index contributed by atoms with van der Waals surface area (Å²) in [7, 11) is 0. The normalized spacial score (nSPS) is 11.0. The van der Waals surface area contributed by atoms with Gasteiger partial charge in [0.1, 0.15) is 5.82 Å². The van der Waals surface area contributed by atoms with E-state index in [1.54, 1.807) is 12.1 Å². The van der Waals surface area contributed by atoms with Crippen molar-refractivity contribution in [2.45, 2.75) is 19.8 Å². The van der Waals surface area contributed by atoms with Crippen LogP contribution in [0.1, 0.15) is 35.9 Å². The zero-order valence-electron chi connectivity index (χ0n) is 10.4. The first-order valence-corrected chi connectivity index (χ1v) is 6.77. The zero-order chi connectivity index (χ0) is 14.2. The number of halogens is 2. The van der Waals surface area contributed by atoms with Gasteiger partial charge in [-0.25, -0.2) is 13.9 Å². The van der Waals surface area contributed by atoms with Gasteiger partial charge in [-0.1, -0.05) is 19.9 Å². The molecule has 2 rings (SSSR count). The summed E-state index contributed by atoms with van der Waals surface area (Å²) in [6.07, 6.45) is 0. The molecule has 0 atom stereocenters. The van der Waals surface area contributed by atoms with Crippen molar-refractivity contribution in [1.82, 2.24) is 9.78 Å². The van der Waals surface area contributed by atoms with E-state index in [2.05, 4.69) is 5.10 Å². The molecule has 100 valence electrons. The number of carboxylic acid groups (broad SMARTS) is 1. The number of hydrogen-bond acceptors (Lipinski definition) is 2. The van der Waals surface area contributed by atoms with E-state index in [-0.39, 0.29) is 17.4 Å². The maximum Gasteiger partial charge on any atom is 0.357 e. The number of carboxylic acids is 1. The van der Waals surface area contributed by atoms with Gasteiger partial charge in [-0.2, -0.15) is 5.10 Å². The fraction of sp³-hybridized carbons (Fsp3) is 0.231. The summed E-state index contributed by atoms with van der Waals surface area (Å²) in [4.78, 5) is 11.2. The summed E-state index contributed by atoms with van der Waals surface area (Å²) < 4.78 is 15.4. The molecule has 0 bridgehead atoms. The molecule has 0 aliphatic carbocycles. The van der Waals surface area contributed by atoms with Crippen molar-refractivity contribution in [2.75, 3.05) is 0 Å². The SMILES string of the molecule is CC(C)c1c(I)c(C(=O)O)nn1-c1cccc(F)c1. The maximum atomic E-state index is 13.3. The number of benzene rings is 1. The van der Waals surface area contributed by atoms with Crippen molar-refractivity contribution < 1.29 is 14.3 Å². The number of rotatable bonds is 3. The number of aromatic nitrogens is 2. The summed E-state index contributed by atoms with van der Waals surface area (Å²) in [5.74, 6) is -1.38. The molecule has 19 heavy (non-hydrogen) atoms. The van der Waals surface area contributed by atoms with E-state index in [9.17, 15) is 9.18 Å².